The summed E-state index contributed by atoms with van der Waals surface area (Å²) < 4.78 is 0. The van der Waals surface area contributed by atoms with Gasteiger partial charge in [-0.2, -0.15) is 73.2 Å². The first-order chi connectivity index (χ1) is 7.85. The second-order valence-corrected chi connectivity index (χ2v) is 8.05. The Bertz CT molecular complexity index is 109. The van der Waals surface area contributed by atoms with Crippen LogP contribution in [-0.4, -0.2) is 51.8 Å². The molecule has 0 aliphatic rings. The summed E-state index contributed by atoms with van der Waals surface area (Å²) in [7, 11) is 0. The van der Waals surface area contributed by atoms with Crippen LogP contribution in [0.25, 0.3) is 0 Å². The van der Waals surface area contributed by atoms with Gasteiger partial charge in [-0.25, -0.2) is 0 Å². The van der Waals surface area contributed by atoms with Gasteiger partial charge in [-0.1, -0.05) is 0 Å². The molecule has 16 heavy (non-hydrogen) atoms. The Morgan fingerprint density at radius 1 is 0.625 bits per heavy atom. The van der Waals surface area contributed by atoms with Crippen molar-refractivity contribution in [1.29, 1.82) is 0 Å². The van der Waals surface area contributed by atoms with Crippen LogP contribution in [0, 0.1) is 5.92 Å². The molecule has 0 heterocycles. The minimum atomic E-state index is 0.833. The number of thioether (sulfide) groups is 3. The van der Waals surface area contributed by atoms with Crippen LogP contribution >= 0.6 is 73.2 Å². The molecule has 0 atom stereocenters. The fourth-order valence-electron chi connectivity index (χ4n) is 1.09. The molecule has 6 heteroatoms. The van der Waals surface area contributed by atoms with Crippen LogP contribution in [0.3, 0.4) is 0 Å². The molecule has 0 unspecified atom stereocenters. The van der Waals surface area contributed by atoms with Crippen molar-refractivity contribution in [2.45, 2.75) is 0 Å². The highest BCUT2D eigenvalue weighted by Gasteiger charge is 2.08. The van der Waals surface area contributed by atoms with E-state index in [1.807, 2.05) is 35.3 Å². The first-order valence-electron chi connectivity index (χ1n) is 5.41. The smallest absolute Gasteiger partial charge is 0.00211 e. The molecule has 0 aromatic heterocycles. The molecule has 0 saturated heterocycles. The zero-order valence-electron chi connectivity index (χ0n) is 9.51. The van der Waals surface area contributed by atoms with Crippen molar-refractivity contribution >= 4 is 73.2 Å². The minimum absolute atomic E-state index is 0.833. The molecular formula is C10H22S6. The molecule has 0 N–H and O–H groups in total. The first kappa shape index (κ1) is 18.1. The Hall–Kier alpha value is 2.10. The Kier molecular flexibility index (Phi) is 17.1. The molecule has 0 aromatic carbocycles. The number of rotatable bonds is 12. The highest BCUT2D eigenvalue weighted by atomic mass is 32.2. The van der Waals surface area contributed by atoms with Gasteiger partial charge in [-0.05, 0) is 40.4 Å². The Balaban J connectivity index is 3.58. The van der Waals surface area contributed by atoms with Gasteiger partial charge < -0.3 is 0 Å². The van der Waals surface area contributed by atoms with E-state index >= 15 is 0 Å². The second kappa shape index (κ2) is 15.2. The van der Waals surface area contributed by atoms with Crippen LogP contribution in [0.4, 0.5) is 0 Å². The Labute approximate surface area is 130 Å². The van der Waals surface area contributed by atoms with E-state index in [9.17, 15) is 0 Å². The number of thiol groups is 3. The maximum atomic E-state index is 4.24. The highest BCUT2D eigenvalue weighted by molar-refractivity contribution is 8.01. The molecule has 0 aliphatic heterocycles. The van der Waals surface area contributed by atoms with Gasteiger partial charge in [0.1, 0.15) is 0 Å². The van der Waals surface area contributed by atoms with Gasteiger partial charge in [0.05, 0.1) is 0 Å². The zero-order valence-corrected chi connectivity index (χ0v) is 14.6. The standard InChI is InChI=1S/C10H22S6/c11-1-4-14-7-10(8-15-5-2-12)9-16-6-3-13/h10-13H,1-9H2. The molecule has 0 bridgehead atoms. The van der Waals surface area contributed by atoms with Crippen LogP contribution in [0.2, 0.25) is 0 Å². The quantitative estimate of drug-likeness (QED) is 0.369. The number of hydrogen-bond donors (Lipinski definition) is 3. The normalized spacial score (nSPS) is 11.2. The lowest BCUT2D eigenvalue weighted by atomic mass is 10.3. The van der Waals surface area contributed by atoms with E-state index in [0.29, 0.717) is 0 Å². The summed E-state index contributed by atoms with van der Waals surface area (Å²) in [6, 6.07) is 0. The van der Waals surface area contributed by atoms with E-state index in [-0.39, 0.29) is 0 Å². The maximum absolute atomic E-state index is 4.24. The lowest BCUT2D eigenvalue weighted by Gasteiger charge is -2.15. The highest BCUT2D eigenvalue weighted by Crippen LogP contribution is 2.19. The second-order valence-electron chi connectivity index (χ2n) is 3.26. The van der Waals surface area contributed by atoms with Crippen LogP contribution in [0.5, 0.6) is 0 Å². The first-order valence-corrected chi connectivity index (χ1v) is 10.8. The molecule has 0 aromatic rings. The van der Waals surface area contributed by atoms with Crippen molar-refractivity contribution in [3.63, 3.8) is 0 Å². The van der Waals surface area contributed by atoms with E-state index in [1.165, 1.54) is 34.5 Å². The van der Waals surface area contributed by atoms with Gasteiger partial charge in [0.15, 0.2) is 0 Å². The summed E-state index contributed by atoms with van der Waals surface area (Å²) in [6.07, 6.45) is 0. The van der Waals surface area contributed by atoms with Gasteiger partial charge in [0.25, 0.3) is 0 Å². The average molecular weight is 335 g/mol. The molecule has 0 radical (unpaired) electrons. The van der Waals surface area contributed by atoms with Crippen molar-refractivity contribution in [2.24, 2.45) is 5.92 Å². The third-order valence-electron chi connectivity index (χ3n) is 1.77. The van der Waals surface area contributed by atoms with E-state index in [0.717, 1.165) is 23.2 Å². The predicted molar refractivity (Wildman–Crippen MR) is 97.0 cm³/mol. The van der Waals surface area contributed by atoms with E-state index in [4.69, 9.17) is 0 Å². The molecule has 98 valence electrons. The summed E-state index contributed by atoms with van der Waals surface area (Å²) in [4.78, 5) is 0. The van der Waals surface area contributed by atoms with Gasteiger partial charge in [-0.15, -0.1) is 0 Å². The summed E-state index contributed by atoms with van der Waals surface area (Å²) in [5, 5.41) is 0. The van der Waals surface area contributed by atoms with E-state index in [2.05, 4.69) is 37.9 Å². The number of hydrogen-bond acceptors (Lipinski definition) is 6. The molecule has 0 fully saturated rings. The van der Waals surface area contributed by atoms with Gasteiger partial charge in [-0.3, -0.25) is 0 Å². The van der Waals surface area contributed by atoms with Crippen molar-refractivity contribution in [2.75, 3.05) is 51.8 Å². The summed E-state index contributed by atoms with van der Waals surface area (Å²) >= 11 is 18.8. The van der Waals surface area contributed by atoms with Crippen molar-refractivity contribution in [3.05, 3.63) is 0 Å². The topological polar surface area (TPSA) is 0 Å². The summed E-state index contributed by atoms with van der Waals surface area (Å²) in [6.45, 7) is 0. The lowest BCUT2D eigenvalue weighted by molar-refractivity contribution is 0.778. The predicted octanol–water partition coefficient (Wildman–Crippen LogP) is 3.59. The zero-order chi connectivity index (χ0) is 12.1. The fourth-order valence-corrected chi connectivity index (χ4v) is 5.29. The third kappa shape index (κ3) is 12.6. The largest absolute Gasteiger partial charge is 0.179 e. The molecule has 0 amide bonds. The summed E-state index contributed by atoms with van der Waals surface area (Å²) in [5.74, 6) is 11.2. The molecule has 0 spiro atoms. The van der Waals surface area contributed by atoms with Crippen LogP contribution < -0.4 is 0 Å². The minimum Gasteiger partial charge on any atom is -0.179 e. The third-order valence-corrected chi connectivity index (χ3v) is 6.95. The van der Waals surface area contributed by atoms with Crippen molar-refractivity contribution < 1.29 is 0 Å². The van der Waals surface area contributed by atoms with Crippen LogP contribution in [0.1, 0.15) is 0 Å². The van der Waals surface area contributed by atoms with Crippen LogP contribution in [0.15, 0.2) is 0 Å². The van der Waals surface area contributed by atoms with E-state index < -0.39 is 0 Å². The molecular weight excluding hydrogens is 313 g/mol. The van der Waals surface area contributed by atoms with Crippen LogP contribution in [-0.2, 0) is 0 Å². The molecule has 0 aliphatic carbocycles. The van der Waals surface area contributed by atoms with Crippen molar-refractivity contribution in [3.8, 4) is 0 Å². The molecule has 0 rings (SSSR count). The Morgan fingerprint density at radius 3 is 1.19 bits per heavy atom. The SMILES string of the molecule is SCCSCC(CSCCS)CSCCS. The van der Waals surface area contributed by atoms with Gasteiger partial charge >= 0.3 is 0 Å². The van der Waals surface area contributed by atoms with Crippen molar-refractivity contribution in [1.82, 2.24) is 0 Å². The maximum Gasteiger partial charge on any atom is 0.00211 e. The summed E-state index contributed by atoms with van der Waals surface area (Å²) in [5.41, 5.74) is 0. The lowest BCUT2D eigenvalue weighted by Crippen LogP contribution is -2.12. The fraction of sp³-hybridized carbons (Fsp3) is 1.00. The van der Waals surface area contributed by atoms with Gasteiger partial charge in [0, 0.05) is 17.3 Å². The Morgan fingerprint density at radius 2 is 0.938 bits per heavy atom. The molecule has 0 nitrogen and oxygen atoms in total. The van der Waals surface area contributed by atoms with E-state index in [1.54, 1.807) is 0 Å². The van der Waals surface area contributed by atoms with Gasteiger partial charge in [0.2, 0.25) is 0 Å². The molecule has 0 saturated carbocycles. The average Bonchev–Trinajstić information content (AvgIpc) is 2.29. The monoisotopic (exact) mass is 334 g/mol.